The number of hydrogen-bond acceptors (Lipinski definition) is 4. The van der Waals surface area contributed by atoms with Crippen molar-refractivity contribution in [2.45, 2.75) is 39.5 Å². The molecule has 0 spiro atoms. The first kappa shape index (κ1) is 26.3. The second kappa shape index (κ2) is 10.2. The van der Waals surface area contributed by atoms with Crippen LogP contribution in [0.4, 0.5) is 5.69 Å². The standard InChI is InChI=1S/C41H34N2O2/c1-3-5-21-43(22-6-4-2)28-17-20-29-33-24-36-40(32-11-8-12-34(39(32)33)44-35(29)23-28)42-41(45-36)31-19-16-27-14-13-25-9-7-10-26-15-18-30(31)38(27)37(25)26/h7-20,23-24H,3-6,21-22H2,1-2H3. The normalized spacial score (nSPS) is 12.5. The molecule has 4 heteroatoms. The minimum absolute atomic E-state index is 0.644. The van der Waals surface area contributed by atoms with Crippen LogP contribution in [0.2, 0.25) is 0 Å². The van der Waals surface area contributed by atoms with Gasteiger partial charge in [0.1, 0.15) is 17.0 Å². The molecule has 0 N–H and O–H groups in total. The monoisotopic (exact) mass is 586 g/mol. The first-order chi connectivity index (χ1) is 22.2. The van der Waals surface area contributed by atoms with Gasteiger partial charge in [0.25, 0.3) is 0 Å². The molecule has 1 aliphatic heterocycles. The Morgan fingerprint density at radius 2 is 1.31 bits per heavy atom. The first-order valence-electron chi connectivity index (χ1n) is 16.3. The van der Waals surface area contributed by atoms with Gasteiger partial charge in [-0.25, -0.2) is 4.98 Å². The third-order valence-electron chi connectivity index (χ3n) is 9.64. The number of aromatic nitrogens is 1. The number of oxazole rings is 1. The highest BCUT2D eigenvalue weighted by Crippen LogP contribution is 2.50. The Bertz CT molecular complexity index is 2380. The van der Waals surface area contributed by atoms with Gasteiger partial charge in [-0.2, -0.15) is 0 Å². The zero-order chi connectivity index (χ0) is 30.1. The third-order valence-corrected chi connectivity index (χ3v) is 9.64. The van der Waals surface area contributed by atoms with E-state index in [2.05, 4.69) is 116 Å². The molecule has 0 saturated carbocycles. The number of hydrogen-bond donors (Lipinski definition) is 0. The van der Waals surface area contributed by atoms with Crippen molar-refractivity contribution in [3.63, 3.8) is 0 Å². The summed E-state index contributed by atoms with van der Waals surface area (Å²) < 4.78 is 13.3. The van der Waals surface area contributed by atoms with Crippen molar-refractivity contribution in [1.82, 2.24) is 4.98 Å². The van der Waals surface area contributed by atoms with Crippen LogP contribution in [0.1, 0.15) is 39.5 Å². The van der Waals surface area contributed by atoms with Crippen LogP contribution < -0.4 is 9.64 Å². The predicted octanol–water partition coefficient (Wildman–Crippen LogP) is 11.7. The van der Waals surface area contributed by atoms with Gasteiger partial charge >= 0.3 is 0 Å². The Morgan fingerprint density at radius 1 is 0.600 bits per heavy atom. The molecule has 7 aromatic carbocycles. The summed E-state index contributed by atoms with van der Waals surface area (Å²) in [7, 11) is 0. The van der Waals surface area contributed by atoms with Crippen LogP contribution in [0, 0.1) is 0 Å². The van der Waals surface area contributed by atoms with Crippen molar-refractivity contribution < 1.29 is 9.15 Å². The van der Waals surface area contributed by atoms with Crippen LogP contribution in [0.15, 0.2) is 101 Å². The fourth-order valence-corrected chi connectivity index (χ4v) is 7.37. The van der Waals surface area contributed by atoms with E-state index in [1.165, 1.54) is 58.3 Å². The quantitative estimate of drug-likeness (QED) is 0.166. The summed E-state index contributed by atoms with van der Waals surface area (Å²) >= 11 is 0. The Labute approximate surface area is 262 Å². The molecule has 0 fully saturated rings. The molecule has 0 aliphatic carbocycles. The zero-order valence-corrected chi connectivity index (χ0v) is 25.7. The van der Waals surface area contributed by atoms with Gasteiger partial charge in [-0.3, -0.25) is 0 Å². The Kier molecular flexibility index (Phi) is 5.99. The van der Waals surface area contributed by atoms with Crippen molar-refractivity contribution in [1.29, 1.82) is 0 Å². The van der Waals surface area contributed by atoms with E-state index < -0.39 is 0 Å². The van der Waals surface area contributed by atoms with Gasteiger partial charge in [-0.1, -0.05) is 87.4 Å². The second-order valence-corrected chi connectivity index (χ2v) is 12.4. The smallest absolute Gasteiger partial charge is 0.227 e. The summed E-state index contributed by atoms with van der Waals surface area (Å²) in [4.78, 5) is 7.66. The largest absolute Gasteiger partial charge is 0.456 e. The van der Waals surface area contributed by atoms with Crippen molar-refractivity contribution in [3.8, 4) is 34.1 Å². The van der Waals surface area contributed by atoms with E-state index in [0.29, 0.717) is 5.89 Å². The molecule has 0 bridgehead atoms. The molecular formula is C41H34N2O2. The summed E-state index contributed by atoms with van der Waals surface area (Å²) in [6, 6.07) is 34.9. The number of ether oxygens (including phenoxy) is 1. The van der Waals surface area contributed by atoms with Crippen LogP contribution in [0.3, 0.4) is 0 Å². The van der Waals surface area contributed by atoms with Gasteiger partial charge in [0.15, 0.2) is 5.58 Å². The van der Waals surface area contributed by atoms with Crippen molar-refractivity contribution >= 4 is 59.9 Å². The number of anilines is 1. The number of benzene rings is 7. The lowest BCUT2D eigenvalue weighted by Gasteiger charge is -2.27. The molecule has 0 unspecified atom stereocenters. The van der Waals surface area contributed by atoms with Gasteiger partial charge in [-0.05, 0) is 75.5 Å². The predicted molar refractivity (Wildman–Crippen MR) is 188 cm³/mol. The van der Waals surface area contributed by atoms with E-state index in [4.69, 9.17) is 14.1 Å². The highest BCUT2D eigenvalue weighted by Gasteiger charge is 2.25. The molecule has 0 radical (unpaired) electrons. The first-order valence-corrected chi connectivity index (χ1v) is 16.3. The van der Waals surface area contributed by atoms with E-state index in [1.807, 2.05) is 0 Å². The van der Waals surface area contributed by atoms with Crippen LogP contribution in [-0.2, 0) is 0 Å². The molecule has 8 aromatic rings. The fraction of sp³-hybridized carbons (Fsp3) is 0.195. The van der Waals surface area contributed by atoms with E-state index in [0.717, 1.165) is 68.5 Å². The maximum absolute atomic E-state index is 6.66. The van der Waals surface area contributed by atoms with Gasteiger partial charge in [0, 0.05) is 52.3 Å². The molecular weight excluding hydrogens is 552 g/mol. The zero-order valence-electron chi connectivity index (χ0n) is 25.7. The Hall–Kier alpha value is -5.09. The second-order valence-electron chi connectivity index (χ2n) is 12.4. The van der Waals surface area contributed by atoms with Crippen molar-refractivity contribution in [3.05, 3.63) is 97.1 Å². The highest BCUT2D eigenvalue weighted by atomic mass is 16.5. The van der Waals surface area contributed by atoms with Gasteiger partial charge < -0.3 is 14.1 Å². The van der Waals surface area contributed by atoms with E-state index >= 15 is 0 Å². The lowest BCUT2D eigenvalue weighted by molar-refractivity contribution is 0.487. The highest BCUT2D eigenvalue weighted by molar-refractivity contribution is 6.25. The average molecular weight is 587 g/mol. The number of rotatable bonds is 8. The average Bonchev–Trinajstić information content (AvgIpc) is 3.51. The topological polar surface area (TPSA) is 38.5 Å². The molecule has 220 valence electrons. The summed E-state index contributed by atoms with van der Waals surface area (Å²) in [5.41, 5.74) is 6.12. The van der Waals surface area contributed by atoms with Crippen LogP contribution in [0.25, 0.3) is 76.8 Å². The fourth-order valence-electron chi connectivity index (χ4n) is 7.37. The molecule has 1 aromatic heterocycles. The maximum atomic E-state index is 6.66. The van der Waals surface area contributed by atoms with E-state index in [9.17, 15) is 0 Å². The van der Waals surface area contributed by atoms with Gasteiger partial charge in [0.05, 0.1) is 0 Å². The Morgan fingerprint density at radius 3 is 2.11 bits per heavy atom. The molecule has 4 nitrogen and oxygen atoms in total. The summed E-state index contributed by atoms with van der Waals surface area (Å²) in [6.45, 7) is 6.63. The van der Waals surface area contributed by atoms with E-state index in [1.54, 1.807) is 0 Å². The molecule has 45 heavy (non-hydrogen) atoms. The van der Waals surface area contributed by atoms with Crippen molar-refractivity contribution in [2.75, 3.05) is 18.0 Å². The number of fused-ring (bicyclic) bond motifs is 4. The van der Waals surface area contributed by atoms with Crippen LogP contribution in [-0.4, -0.2) is 18.1 Å². The van der Waals surface area contributed by atoms with Gasteiger partial charge in [-0.15, -0.1) is 0 Å². The van der Waals surface area contributed by atoms with Crippen LogP contribution in [0.5, 0.6) is 11.5 Å². The van der Waals surface area contributed by atoms with E-state index in [-0.39, 0.29) is 0 Å². The molecule has 2 heterocycles. The number of nitrogens with zero attached hydrogens (tertiary/aromatic N) is 2. The molecule has 0 atom stereocenters. The minimum atomic E-state index is 0.644. The van der Waals surface area contributed by atoms with Crippen molar-refractivity contribution in [2.24, 2.45) is 0 Å². The lowest BCUT2D eigenvalue weighted by Crippen LogP contribution is -2.25. The molecule has 1 aliphatic rings. The maximum Gasteiger partial charge on any atom is 0.227 e. The van der Waals surface area contributed by atoms with Gasteiger partial charge in [0.2, 0.25) is 5.89 Å². The SMILES string of the molecule is CCCCN(CCCC)c1ccc2c(c1)Oc1cccc3c1c-2cc1oc(-c2ccc4ccc5cccc6ccc2c4c56)nc13. The molecule has 0 saturated heterocycles. The molecule has 9 rings (SSSR count). The lowest BCUT2D eigenvalue weighted by atomic mass is 9.92. The minimum Gasteiger partial charge on any atom is -0.456 e. The summed E-state index contributed by atoms with van der Waals surface area (Å²) in [6.07, 6.45) is 4.73. The third kappa shape index (κ3) is 4.01. The Balaban J connectivity index is 1.21. The summed E-state index contributed by atoms with van der Waals surface area (Å²) in [5.74, 6) is 2.41. The molecule has 0 amide bonds. The van der Waals surface area contributed by atoms with Crippen LogP contribution >= 0.6 is 0 Å². The summed E-state index contributed by atoms with van der Waals surface area (Å²) in [5, 5.41) is 9.60. The number of unbranched alkanes of at least 4 members (excludes halogenated alkanes) is 2.